The van der Waals surface area contributed by atoms with E-state index in [1.54, 1.807) is 30.3 Å². The quantitative estimate of drug-likeness (QED) is 0.623. The van der Waals surface area contributed by atoms with Gasteiger partial charge in [0.1, 0.15) is 18.3 Å². The Balaban J connectivity index is 1.72. The van der Waals surface area contributed by atoms with Gasteiger partial charge in [0.25, 0.3) is 5.91 Å². The van der Waals surface area contributed by atoms with Crippen LogP contribution in [0.1, 0.15) is 47.6 Å². The summed E-state index contributed by atoms with van der Waals surface area (Å²) in [5, 5.41) is 25.0. The number of tetrazole rings is 1. The number of amides is 1. The van der Waals surface area contributed by atoms with Crippen molar-refractivity contribution < 1.29 is 18.7 Å². The zero-order chi connectivity index (χ0) is 22.0. The molecule has 0 radical (unpaired) electrons. The zero-order valence-corrected chi connectivity index (χ0v) is 17.1. The lowest BCUT2D eigenvalue weighted by Crippen LogP contribution is -2.48. The van der Waals surface area contributed by atoms with Gasteiger partial charge in [0, 0.05) is 0 Å². The summed E-state index contributed by atoms with van der Waals surface area (Å²) in [5.41, 5.74) is -0.585. The molecule has 1 aliphatic carbocycles. The summed E-state index contributed by atoms with van der Waals surface area (Å²) in [4.78, 5) is 13.3. The molecule has 1 heterocycles. The molecule has 10 heteroatoms. The Labute approximate surface area is 182 Å². The van der Waals surface area contributed by atoms with Gasteiger partial charge in [-0.2, -0.15) is 4.68 Å². The summed E-state index contributed by atoms with van der Waals surface area (Å²) in [7, 11) is 0. The molecule has 0 bridgehead atoms. The SMILES string of the molecule is O=C(NC(c1cccc(F)c1Cl)[C@]1(O)CC[C@@H](F)CC1)c1ccccc1-n1cnnn1. The van der Waals surface area contributed by atoms with Crippen LogP contribution in [0.2, 0.25) is 5.02 Å². The van der Waals surface area contributed by atoms with Crippen molar-refractivity contribution in [2.75, 3.05) is 0 Å². The fourth-order valence-corrected chi connectivity index (χ4v) is 4.20. The molecule has 2 aromatic carbocycles. The monoisotopic (exact) mass is 447 g/mol. The Hall–Kier alpha value is -2.91. The number of nitrogens with zero attached hydrogens (tertiary/aromatic N) is 4. The molecule has 7 nitrogen and oxygen atoms in total. The van der Waals surface area contributed by atoms with E-state index in [2.05, 4.69) is 20.8 Å². The Morgan fingerprint density at radius 2 is 1.97 bits per heavy atom. The largest absolute Gasteiger partial charge is 0.387 e. The normalized spacial score (nSPS) is 22.1. The maximum Gasteiger partial charge on any atom is 0.254 e. The van der Waals surface area contributed by atoms with Gasteiger partial charge in [-0.05, 0) is 59.9 Å². The van der Waals surface area contributed by atoms with Crippen LogP contribution in [0, 0.1) is 5.82 Å². The third-order valence-corrected chi connectivity index (χ3v) is 6.03. The summed E-state index contributed by atoms with van der Waals surface area (Å²) in [6.07, 6.45) is 0.790. The number of hydrogen-bond acceptors (Lipinski definition) is 5. The lowest BCUT2D eigenvalue weighted by Gasteiger charge is -2.41. The predicted octanol–water partition coefficient (Wildman–Crippen LogP) is 3.57. The van der Waals surface area contributed by atoms with Crippen molar-refractivity contribution in [2.24, 2.45) is 0 Å². The van der Waals surface area contributed by atoms with Gasteiger partial charge in [0.05, 0.1) is 27.9 Å². The van der Waals surface area contributed by atoms with Gasteiger partial charge in [-0.15, -0.1) is 5.10 Å². The van der Waals surface area contributed by atoms with Crippen LogP contribution in [-0.4, -0.2) is 43.0 Å². The minimum atomic E-state index is -1.49. The van der Waals surface area contributed by atoms with Crippen molar-refractivity contribution in [3.63, 3.8) is 0 Å². The predicted molar refractivity (Wildman–Crippen MR) is 109 cm³/mol. The van der Waals surface area contributed by atoms with Crippen molar-refractivity contribution in [3.05, 3.63) is 70.8 Å². The third-order valence-electron chi connectivity index (χ3n) is 5.63. The van der Waals surface area contributed by atoms with E-state index in [0.717, 1.165) is 0 Å². The van der Waals surface area contributed by atoms with Gasteiger partial charge in [0.2, 0.25) is 0 Å². The highest BCUT2D eigenvalue weighted by atomic mass is 35.5. The van der Waals surface area contributed by atoms with Crippen molar-refractivity contribution in [3.8, 4) is 5.69 Å². The molecular weight excluding hydrogens is 428 g/mol. The van der Waals surface area contributed by atoms with Crippen LogP contribution in [0.5, 0.6) is 0 Å². The molecule has 2 N–H and O–H groups in total. The first kappa shape index (κ1) is 21.3. The second-order valence-corrected chi connectivity index (χ2v) is 7.98. The number of benzene rings is 2. The minimum Gasteiger partial charge on any atom is -0.387 e. The standard InChI is InChI=1S/C21H20ClF2N5O2/c22-18-15(5-3-6-16(18)24)19(21(31)10-8-13(23)9-11-21)26-20(30)14-4-1-2-7-17(14)29-12-25-27-28-29/h1-7,12-13,19,31H,8-11H2,(H,26,30)/t13-,19?,21+. The number of hydrogen-bond donors (Lipinski definition) is 2. The molecule has 1 atom stereocenters. The van der Waals surface area contributed by atoms with Gasteiger partial charge in [-0.3, -0.25) is 4.79 Å². The van der Waals surface area contributed by atoms with E-state index >= 15 is 0 Å². The summed E-state index contributed by atoms with van der Waals surface area (Å²) in [6.45, 7) is 0. The molecule has 0 spiro atoms. The molecule has 1 saturated carbocycles. The van der Waals surface area contributed by atoms with Crippen molar-refractivity contribution in [1.29, 1.82) is 0 Å². The highest BCUT2D eigenvalue weighted by Crippen LogP contribution is 2.42. The molecule has 1 amide bonds. The second kappa shape index (κ2) is 8.68. The Morgan fingerprint density at radius 1 is 1.23 bits per heavy atom. The summed E-state index contributed by atoms with van der Waals surface area (Å²) < 4.78 is 29.3. The topological polar surface area (TPSA) is 92.9 Å². The van der Waals surface area contributed by atoms with Crippen molar-refractivity contribution >= 4 is 17.5 Å². The first-order chi connectivity index (χ1) is 14.9. The van der Waals surface area contributed by atoms with Crippen LogP contribution in [0.25, 0.3) is 5.69 Å². The molecule has 1 fully saturated rings. The zero-order valence-electron chi connectivity index (χ0n) is 16.4. The summed E-state index contributed by atoms with van der Waals surface area (Å²) in [6, 6.07) is 9.80. The van der Waals surface area contributed by atoms with E-state index in [4.69, 9.17) is 11.6 Å². The Morgan fingerprint density at radius 3 is 2.68 bits per heavy atom. The van der Waals surface area contributed by atoms with Gasteiger partial charge < -0.3 is 10.4 Å². The first-order valence-corrected chi connectivity index (χ1v) is 10.2. The van der Waals surface area contributed by atoms with E-state index in [1.165, 1.54) is 23.1 Å². The Bertz CT molecular complexity index is 1070. The number of halogens is 3. The van der Waals surface area contributed by atoms with E-state index < -0.39 is 29.5 Å². The average molecular weight is 448 g/mol. The maximum absolute atomic E-state index is 14.2. The number of rotatable bonds is 5. The summed E-state index contributed by atoms with van der Waals surface area (Å²) >= 11 is 6.20. The number of nitrogens with one attached hydrogen (secondary N) is 1. The third kappa shape index (κ3) is 4.28. The lowest BCUT2D eigenvalue weighted by atomic mass is 9.76. The summed E-state index contributed by atoms with van der Waals surface area (Å²) in [5.74, 6) is -1.21. The van der Waals surface area contributed by atoms with Crippen LogP contribution in [0.3, 0.4) is 0 Å². The highest BCUT2D eigenvalue weighted by Gasteiger charge is 2.43. The fraction of sp³-hybridized carbons (Fsp3) is 0.333. The van der Waals surface area contributed by atoms with Gasteiger partial charge in [0.15, 0.2) is 0 Å². The van der Waals surface area contributed by atoms with E-state index in [-0.39, 0.29) is 41.8 Å². The molecule has 0 aliphatic heterocycles. The van der Waals surface area contributed by atoms with Gasteiger partial charge in [-0.25, -0.2) is 8.78 Å². The van der Waals surface area contributed by atoms with Crippen LogP contribution in [0.15, 0.2) is 48.8 Å². The van der Waals surface area contributed by atoms with E-state index in [1.807, 2.05) is 0 Å². The lowest BCUT2D eigenvalue weighted by molar-refractivity contribution is -0.0445. The molecule has 4 rings (SSSR count). The molecule has 31 heavy (non-hydrogen) atoms. The molecule has 1 aliphatic rings. The molecule has 0 saturated heterocycles. The van der Waals surface area contributed by atoms with Gasteiger partial charge in [-0.1, -0.05) is 35.9 Å². The molecular formula is C21H20ClF2N5O2. The molecule has 162 valence electrons. The molecule has 3 aromatic rings. The smallest absolute Gasteiger partial charge is 0.254 e. The van der Waals surface area contributed by atoms with Crippen LogP contribution in [-0.2, 0) is 0 Å². The minimum absolute atomic E-state index is 0.0978. The van der Waals surface area contributed by atoms with Crippen LogP contribution in [0.4, 0.5) is 8.78 Å². The van der Waals surface area contributed by atoms with Crippen molar-refractivity contribution in [1.82, 2.24) is 25.5 Å². The number of para-hydroxylation sites is 1. The van der Waals surface area contributed by atoms with Crippen LogP contribution >= 0.6 is 11.6 Å². The second-order valence-electron chi connectivity index (χ2n) is 7.60. The average Bonchev–Trinajstić information content (AvgIpc) is 3.31. The van der Waals surface area contributed by atoms with E-state index in [9.17, 15) is 18.7 Å². The fourth-order valence-electron chi connectivity index (χ4n) is 3.96. The number of carbonyl (C=O) groups is 1. The highest BCUT2D eigenvalue weighted by molar-refractivity contribution is 6.31. The Kier molecular flexibility index (Phi) is 5.97. The number of aromatic nitrogens is 4. The number of alkyl halides is 1. The molecule has 1 unspecified atom stereocenters. The number of aliphatic hydroxyl groups is 1. The van der Waals surface area contributed by atoms with Gasteiger partial charge >= 0.3 is 0 Å². The first-order valence-electron chi connectivity index (χ1n) is 9.82. The van der Waals surface area contributed by atoms with Crippen LogP contribution < -0.4 is 5.32 Å². The van der Waals surface area contributed by atoms with Crippen molar-refractivity contribution in [2.45, 2.75) is 43.5 Å². The maximum atomic E-state index is 14.2. The number of carbonyl (C=O) groups excluding carboxylic acids is 1. The van der Waals surface area contributed by atoms with E-state index in [0.29, 0.717) is 5.69 Å². The molecule has 1 aromatic heterocycles.